The first-order valence-corrected chi connectivity index (χ1v) is 11.7. The minimum atomic E-state index is -3.27. The van der Waals surface area contributed by atoms with Crippen molar-refractivity contribution in [2.75, 3.05) is 27.6 Å². The van der Waals surface area contributed by atoms with Crippen molar-refractivity contribution in [1.82, 2.24) is 0 Å². The number of benzene rings is 2. The van der Waals surface area contributed by atoms with Crippen molar-refractivity contribution in [3.8, 4) is 0 Å². The highest BCUT2D eigenvalue weighted by Gasteiger charge is 2.13. The Kier molecular flexibility index (Phi) is 8.25. The molecule has 2 amide bonds. The Morgan fingerprint density at radius 1 is 0.967 bits per heavy atom. The van der Waals surface area contributed by atoms with Gasteiger partial charge in [-0.25, -0.2) is 8.42 Å². The lowest BCUT2D eigenvalue weighted by molar-refractivity contribution is -0.115. The minimum absolute atomic E-state index is 0.0287. The van der Waals surface area contributed by atoms with Crippen molar-refractivity contribution in [3.63, 3.8) is 0 Å². The lowest BCUT2D eigenvalue weighted by atomic mass is 10.1. The van der Waals surface area contributed by atoms with Crippen molar-refractivity contribution < 1.29 is 18.0 Å². The molecule has 9 heteroatoms. The van der Waals surface area contributed by atoms with Gasteiger partial charge in [0.05, 0.1) is 28.4 Å². The molecule has 0 saturated heterocycles. The van der Waals surface area contributed by atoms with Crippen LogP contribution in [-0.2, 0) is 25.8 Å². The monoisotopic (exact) mass is 451 g/mol. The summed E-state index contributed by atoms with van der Waals surface area (Å²) in [6.45, 7) is 5.51. The normalized spacial score (nSPS) is 11.2. The number of sulfone groups is 1. The van der Waals surface area contributed by atoms with Crippen LogP contribution in [-0.4, -0.2) is 37.9 Å². The second-order valence-electron chi connectivity index (χ2n) is 7.01. The molecular weight excluding hydrogens is 426 g/mol. The summed E-state index contributed by atoms with van der Waals surface area (Å²) < 4.78 is 23.8. The molecule has 30 heavy (non-hydrogen) atoms. The van der Waals surface area contributed by atoms with Crippen molar-refractivity contribution in [1.29, 1.82) is 0 Å². The van der Waals surface area contributed by atoms with E-state index in [9.17, 15) is 18.0 Å². The van der Waals surface area contributed by atoms with Gasteiger partial charge in [0, 0.05) is 11.7 Å². The minimum Gasteiger partial charge on any atom is -0.381 e. The van der Waals surface area contributed by atoms with E-state index in [1.807, 2.05) is 13.8 Å². The van der Waals surface area contributed by atoms with Gasteiger partial charge in [-0.1, -0.05) is 19.1 Å². The van der Waals surface area contributed by atoms with Gasteiger partial charge in [-0.15, -0.1) is 11.6 Å². The molecule has 0 heterocycles. The van der Waals surface area contributed by atoms with Gasteiger partial charge in [0.25, 0.3) is 0 Å². The molecule has 0 aliphatic carbocycles. The first-order chi connectivity index (χ1) is 14.1. The van der Waals surface area contributed by atoms with Gasteiger partial charge in [0.15, 0.2) is 9.84 Å². The zero-order valence-electron chi connectivity index (χ0n) is 17.2. The largest absolute Gasteiger partial charge is 0.381 e. The number of halogens is 1. The van der Waals surface area contributed by atoms with Gasteiger partial charge in [-0.2, -0.15) is 0 Å². The average molecular weight is 452 g/mol. The predicted octanol–water partition coefficient (Wildman–Crippen LogP) is 3.66. The van der Waals surface area contributed by atoms with E-state index in [0.717, 1.165) is 0 Å². The highest BCUT2D eigenvalue weighted by Crippen LogP contribution is 2.27. The van der Waals surface area contributed by atoms with Gasteiger partial charge >= 0.3 is 0 Å². The number of anilines is 3. The highest BCUT2D eigenvalue weighted by molar-refractivity contribution is 7.91. The van der Waals surface area contributed by atoms with Gasteiger partial charge in [-0.3, -0.25) is 9.59 Å². The SMILES string of the molecule is CCS(=O)(=O)c1ccc(CC(=O)Nc2ccc(NC(=O)CCl)c(NC(C)C)c2)cc1. The number of hydrogen-bond donors (Lipinski definition) is 3. The fourth-order valence-corrected chi connectivity index (χ4v) is 3.67. The van der Waals surface area contributed by atoms with Crippen LogP contribution < -0.4 is 16.0 Å². The predicted molar refractivity (Wildman–Crippen MR) is 121 cm³/mol. The molecule has 0 aliphatic heterocycles. The second kappa shape index (κ2) is 10.4. The molecule has 0 atom stereocenters. The zero-order valence-corrected chi connectivity index (χ0v) is 18.7. The van der Waals surface area contributed by atoms with Gasteiger partial charge in [-0.05, 0) is 49.7 Å². The third-order valence-corrected chi connectivity index (χ3v) is 6.16. The molecule has 0 bridgehead atoms. The maximum absolute atomic E-state index is 12.4. The van der Waals surface area contributed by atoms with E-state index in [-0.39, 0.29) is 40.8 Å². The van der Waals surface area contributed by atoms with Crippen molar-refractivity contribution >= 4 is 50.3 Å². The van der Waals surface area contributed by atoms with E-state index in [2.05, 4.69) is 16.0 Å². The molecule has 0 aromatic heterocycles. The van der Waals surface area contributed by atoms with Crippen LogP contribution in [0.15, 0.2) is 47.4 Å². The first kappa shape index (κ1) is 23.7. The van der Waals surface area contributed by atoms with Gasteiger partial charge in [0.1, 0.15) is 5.88 Å². The Morgan fingerprint density at radius 2 is 1.63 bits per heavy atom. The van der Waals surface area contributed by atoms with Gasteiger partial charge < -0.3 is 16.0 Å². The first-order valence-electron chi connectivity index (χ1n) is 9.52. The quantitative estimate of drug-likeness (QED) is 0.504. The molecule has 0 fully saturated rings. The molecule has 0 unspecified atom stereocenters. The number of rotatable bonds is 9. The van der Waals surface area contributed by atoms with Gasteiger partial charge in [0.2, 0.25) is 11.8 Å². The molecule has 162 valence electrons. The summed E-state index contributed by atoms with van der Waals surface area (Å²) in [4.78, 5) is 24.3. The number of amides is 2. The van der Waals surface area contributed by atoms with E-state index in [1.54, 1.807) is 37.3 Å². The molecule has 0 aliphatic rings. The third-order valence-electron chi connectivity index (χ3n) is 4.17. The van der Waals surface area contributed by atoms with Crippen LogP contribution in [0.2, 0.25) is 0 Å². The second-order valence-corrected chi connectivity index (χ2v) is 9.56. The number of nitrogens with one attached hydrogen (secondary N) is 3. The number of carbonyl (C=O) groups excluding carboxylic acids is 2. The molecule has 0 saturated carbocycles. The smallest absolute Gasteiger partial charge is 0.239 e. The molecule has 0 spiro atoms. The van der Waals surface area contributed by atoms with Crippen LogP contribution in [0.25, 0.3) is 0 Å². The molecule has 2 aromatic carbocycles. The summed E-state index contributed by atoms with van der Waals surface area (Å²) >= 11 is 5.56. The van der Waals surface area contributed by atoms with Crippen LogP contribution in [0.3, 0.4) is 0 Å². The highest BCUT2D eigenvalue weighted by atomic mass is 35.5. The molecule has 2 rings (SSSR count). The fourth-order valence-electron chi connectivity index (χ4n) is 2.72. The molecule has 7 nitrogen and oxygen atoms in total. The number of carbonyl (C=O) groups is 2. The Morgan fingerprint density at radius 3 is 2.20 bits per heavy atom. The van der Waals surface area contributed by atoms with E-state index >= 15 is 0 Å². The van der Waals surface area contributed by atoms with Crippen LogP contribution >= 0.6 is 11.6 Å². The number of hydrogen-bond acceptors (Lipinski definition) is 5. The van der Waals surface area contributed by atoms with Crippen molar-refractivity contribution in [2.45, 2.75) is 38.1 Å². The Hall–Kier alpha value is -2.58. The van der Waals surface area contributed by atoms with Crippen LogP contribution in [0.5, 0.6) is 0 Å². The molecule has 0 radical (unpaired) electrons. The van der Waals surface area contributed by atoms with E-state index in [4.69, 9.17) is 11.6 Å². The van der Waals surface area contributed by atoms with E-state index in [1.165, 1.54) is 12.1 Å². The Bertz CT molecular complexity index is 1010. The summed E-state index contributed by atoms with van der Waals surface area (Å²) in [6.07, 6.45) is 0.101. The fraction of sp³-hybridized carbons (Fsp3) is 0.333. The van der Waals surface area contributed by atoms with Crippen LogP contribution in [0.1, 0.15) is 26.3 Å². The number of alkyl halides is 1. The Balaban J connectivity index is 2.11. The molecule has 2 aromatic rings. The standard InChI is InChI=1S/C21H26ClN3O4S/c1-4-30(28,29)17-8-5-15(6-9-17)11-20(26)24-16-7-10-18(25-21(27)13-22)19(12-16)23-14(2)3/h5-10,12,14,23H,4,11,13H2,1-3H3,(H,24,26)(H,25,27). The summed E-state index contributed by atoms with van der Waals surface area (Å²) in [5, 5.41) is 8.76. The average Bonchev–Trinajstić information content (AvgIpc) is 2.69. The summed E-state index contributed by atoms with van der Waals surface area (Å²) in [6, 6.07) is 11.5. The van der Waals surface area contributed by atoms with Crippen molar-refractivity contribution in [2.24, 2.45) is 0 Å². The summed E-state index contributed by atoms with van der Waals surface area (Å²) in [7, 11) is -3.27. The molecular formula is C21H26ClN3O4S. The van der Waals surface area contributed by atoms with Crippen molar-refractivity contribution in [3.05, 3.63) is 48.0 Å². The molecule has 3 N–H and O–H groups in total. The third kappa shape index (κ3) is 6.74. The van der Waals surface area contributed by atoms with Crippen LogP contribution in [0.4, 0.5) is 17.1 Å². The lowest BCUT2D eigenvalue weighted by Gasteiger charge is -2.17. The van der Waals surface area contributed by atoms with Crippen LogP contribution in [0, 0.1) is 0 Å². The maximum Gasteiger partial charge on any atom is 0.239 e. The lowest BCUT2D eigenvalue weighted by Crippen LogP contribution is -2.18. The summed E-state index contributed by atoms with van der Waals surface area (Å²) in [5.74, 6) is -0.693. The maximum atomic E-state index is 12.4. The summed E-state index contributed by atoms with van der Waals surface area (Å²) in [5.41, 5.74) is 2.50. The zero-order chi connectivity index (χ0) is 22.3. The topological polar surface area (TPSA) is 104 Å². The van der Waals surface area contributed by atoms with E-state index < -0.39 is 9.84 Å². The van der Waals surface area contributed by atoms with E-state index in [0.29, 0.717) is 22.6 Å². The Labute approximate surface area is 182 Å².